The minimum absolute atomic E-state index is 0.242. The van der Waals surface area contributed by atoms with Crippen molar-refractivity contribution in [1.82, 2.24) is 20.2 Å². The van der Waals surface area contributed by atoms with Gasteiger partial charge in [0.15, 0.2) is 5.76 Å². The zero-order valence-corrected chi connectivity index (χ0v) is 20.3. The summed E-state index contributed by atoms with van der Waals surface area (Å²) in [5.74, 6) is 3.65. The molecule has 0 aliphatic carbocycles. The first-order chi connectivity index (χ1) is 17.0. The topological polar surface area (TPSA) is 102 Å². The summed E-state index contributed by atoms with van der Waals surface area (Å²) >= 11 is 0. The number of amides is 2. The summed E-state index contributed by atoms with van der Waals surface area (Å²) in [5.41, 5.74) is 2.53. The summed E-state index contributed by atoms with van der Waals surface area (Å²) in [5, 5.41) is 5.92. The molecule has 2 bridgehead atoms. The van der Waals surface area contributed by atoms with Gasteiger partial charge in [-0.3, -0.25) is 4.90 Å². The predicted molar refractivity (Wildman–Crippen MR) is 132 cm³/mol. The Morgan fingerprint density at radius 1 is 1.17 bits per heavy atom. The van der Waals surface area contributed by atoms with Crippen LogP contribution in [0.4, 0.5) is 10.5 Å². The molecule has 4 atom stereocenters. The molecule has 9 heteroatoms. The highest BCUT2D eigenvalue weighted by atomic mass is 16.5. The van der Waals surface area contributed by atoms with Crippen LogP contribution in [0, 0.1) is 12.8 Å². The number of urea groups is 1. The molecule has 3 fully saturated rings. The van der Waals surface area contributed by atoms with E-state index in [9.17, 15) is 4.79 Å². The third kappa shape index (κ3) is 5.09. The van der Waals surface area contributed by atoms with E-state index in [0.717, 1.165) is 48.9 Å². The molecule has 2 aromatic heterocycles. The number of nitrogens with one attached hydrogen (secondary N) is 2. The number of benzene rings is 1. The molecule has 0 saturated carbocycles. The molecule has 6 rings (SSSR count). The minimum atomic E-state index is -0.242. The third-order valence-corrected chi connectivity index (χ3v) is 7.00. The van der Waals surface area contributed by atoms with Gasteiger partial charge in [-0.15, -0.1) is 0 Å². The zero-order chi connectivity index (χ0) is 24.4. The molecule has 35 heavy (non-hydrogen) atoms. The maximum atomic E-state index is 12.6. The Kier molecular flexibility index (Phi) is 6.59. The largest absolute Gasteiger partial charge is 0.497 e. The van der Waals surface area contributed by atoms with Crippen LogP contribution in [0.1, 0.15) is 30.3 Å². The molecular formula is C26H31N5O4. The van der Waals surface area contributed by atoms with Crippen molar-refractivity contribution >= 4 is 11.7 Å². The van der Waals surface area contributed by atoms with Crippen LogP contribution in [0.3, 0.4) is 0 Å². The molecular weight excluding hydrogens is 446 g/mol. The number of nitrogens with zero attached hydrogens (tertiary/aromatic N) is 3. The van der Waals surface area contributed by atoms with Crippen LogP contribution in [0.15, 0.2) is 47.1 Å². The Morgan fingerprint density at radius 2 is 1.97 bits per heavy atom. The summed E-state index contributed by atoms with van der Waals surface area (Å²) in [6.45, 7) is 4.49. The number of aromatic nitrogens is 2. The van der Waals surface area contributed by atoms with Gasteiger partial charge in [0.2, 0.25) is 0 Å². The van der Waals surface area contributed by atoms with Crippen molar-refractivity contribution in [2.45, 2.75) is 31.7 Å². The second-order valence-corrected chi connectivity index (χ2v) is 9.18. The highest BCUT2D eigenvalue weighted by Gasteiger charge is 2.41. The second-order valence-electron chi connectivity index (χ2n) is 9.18. The fourth-order valence-electron chi connectivity index (χ4n) is 5.28. The van der Waals surface area contributed by atoms with Gasteiger partial charge in [-0.25, -0.2) is 14.8 Å². The zero-order valence-electron chi connectivity index (χ0n) is 20.3. The van der Waals surface area contributed by atoms with Gasteiger partial charge >= 0.3 is 6.03 Å². The average Bonchev–Trinajstić information content (AvgIpc) is 3.42. The summed E-state index contributed by atoms with van der Waals surface area (Å²) in [6, 6.07) is 11.2. The van der Waals surface area contributed by atoms with E-state index in [-0.39, 0.29) is 6.03 Å². The van der Waals surface area contributed by atoms with E-state index in [4.69, 9.17) is 18.9 Å². The first-order valence-electron chi connectivity index (χ1n) is 11.9. The standard InChI is InChI=1S/C26H31N5O4/c1-16-28-23(13-24(29-16)25-5-4-8-35-25)22-15-31-7-6-17(22)9-19(31)14-27-26(32)30-18-10-20(33-2)12-21(11-18)34-3/h4-5,8,10-13,17,19,22H,6-7,9,14-15H2,1-3H3,(H2,27,30,32)/t17-,19+,22+/m0/s1. The SMILES string of the molecule is COc1cc(NC(=O)NC[C@H]2C[C@@H]3CCN2C[C@H]3c2cc(-c3ccco3)nc(C)n2)cc(OC)c1. The fourth-order valence-corrected chi connectivity index (χ4v) is 5.28. The molecule has 3 saturated heterocycles. The molecule has 184 valence electrons. The molecule has 3 aliphatic rings. The van der Waals surface area contributed by atoms with Gasteiger partial charge < -0.3 is 24.5 Å². The number of aryl methyl sites for hydroxylation is 1. The highest BCUT2D eigenvalue weighted by Crippen LogP contribution is 2.41. The van der Waals surface area contributed by atoms with Crippen molar-refractivity contribution in [2.24, 2.45) is 5.92 Å². The van der Waals surface area contributed by atoms with E-state index in [1.165, 1.54) is 0 Å². The first kappa shape index (κ1) is 23.2. The second kappa shape index (κ2) is 9.95. The molecule has 2 N–H and O–H groups in total. The van der Waals surface area contributed by atoms with Crippen molar-refractivity contribution in [2.75, 3.05) is 39.2 Å². The predicted octanol–water partition coefficient (Wildman–Crippen LogP) is 4.06. The summed E-state index contributed by atoms with van der Waals surface area (Å²) in [4.78, 5) is 24.4. The molecule has 5 heterocycles. The van der Waals surface area contributed by atoms with Crippen molar-refractivity contribution in [1.29, 1.82) is 0 Å². The minimum Gasteiger partial charge on any atom is -0.497 e. The fraction of sp³-hybridized carbons (Fsp3) is 0.423. The van der Waals surface area contributed by atoms with Crippen molar-refractivity contribution < 1.29 is 18.7 Å². The summed E-state index contributed by atoms with van der Waals surface area (Å²) in [7, 11) is 3.16. The Balaban J connectivity index is 1.21. The van der Waals surface area contributed by atoms with Crippen LogP contribution >= 0.6 is 0 Å². The Hall–Kier alpha value is -3.59. The van der Waals surface area contributed by atoms with Gasteiger partial charge in [0.25, 0.3) is 0 Å². The maximum Gasteiger partial charge on any atom is 0.319 e. The Labute approximate surface area is 204 Å². The lowest BCUT2D eigenvalue weighted by Gasteiger charge is -2.49. The molecule has 3 aliphatic heterocycles. The molecule has 3 aromatic rings. The van der Waals surface area contributed by atoms with Crippen LogP contribution < -0.4 is 20.1 Å². The highest BCUT2D eigenvalue weighted by molar-refractivity contribution is 5.89. The first-order valence-corrected chi connectivity index (χ1v) is 11.9. The monoisotopic (exact) mass is 477 g/mol. The van der Waals surface area contributed by atoms with E-state index in [1.807, 2.05) is 19.1 Å². The normalized spacial score (nSPS) is 23.1. The van der Waals surface area contributed by atoms with E-state index >= 15 is 0 Å². The number of hydrogen-bond donors (Lipinski definition) is 2. The van der Waals surface area contributed by atoms with Crippen LogP contribution in [0.25, 0.3) is 11.5 Å². The number of fused-ring (bicyclic) bond motifs is 3. The van der Waals surface area contributed by atoms with E-state index < -0.39 is 0 Å². The number of anilines is 1. The Bertz CT molecular complexity index is 1160. The summed E-state index contributed by atoms with van der Waals surface area (Å²) < 4.78 is 16.1. The number of rotatable bonds is 7. The van der Waals surface area contributed by atoms with Crippen LogP contribution in [0.5, 0.6) is 11.5 Å². The molecule has 9 nitrogen and oxygen atoms in total. The third-order valence-electron chi connectivity index (χ3n) is 7.00. The van der Waals surface area contributed by atoms with Crippen molar-refractivity contribution in [3.63, 3.8) is 0 Å². The lowest BCUT2D eigenvalue weighted by atomic mass is 9.74. The Morgan fingerprint density at radius 3 is 2.63 bits per heavy atom. The average molecular weight is 478 g/mol. The van der Waals surface area contributed by atoms with Gasteiger partial charge in [0.05, 0.1) is 20.5 Å². The van der Waals surface area contributed by atoms with Gasteiger partial charge in [0, 0.05) is 54.6 Å². The van der Waals surface area contributed by atoms with E-state index in [0.29, 0.717) is 41.6 Å². The number of furan rings is 1. The van der Waals surface area contributed by atoms with Crippen LogP contribution in [0.2, 0.25) is 0 Å². The van der Waals surface area contributed by atoms with Gasteiger partial charge in [-0.1, -0.05) is 0 Å². The lowest BCUT2D eigenvalue weighted by molar-refractivity contribution is 0.0307. The number of carbonyl (C=O) groups excluding carboxylic acids is 1. The number of methoxy groups -OCH3 is 2. The van der Waals surface area contributed by atoms with Gasteiger partial charge in [-0.2, -0.15) is 0 Å². The number of piperidine rings is 3. The molecule has 0 spiro atoms. The van der Waals surface area contributed by atoms with Crippen LogP contribution in [-0.2, 0) is 0 Å². The lowest BCUT2D eigenvalue weighted by Crippen LogP contribution is -2.56. The number of carbonyl (C=O) groups is 1. The van der Waals surface area contributed by atoms with Gasteiger partial charge in [0.1, 0.15) is 23.0 Å². The summed E-state index contributed by atoms with van der Waals surface area (Å²) in [6.07, 6.45) is 3.83. The molecule has 2 amide bonds. The number of hydrogen-bond acceptors (Lipinski definition) is 7. The molecule has 1 aromatic carbocycles. The number of ether oxygens (including phenoxy) is 2. The smallest absolute Gasteiger partial charge is 0.319 e. The maximum absolute atomic E-state index is 12.6. The molecule has 1 unspecified atom stereocenters. The van der Waals surface area contributed by atoms with Crippen LogP contribution in [-0.4, -0.2) is 60.8 Å². The van der Waals surface area contributed by atoms with E-state index in [2.05, 4.69) is 26.6 Å². The van der Waals surface area contributed by atoms with Crippen molar-refractivity contribution in [3.05, 3.63) is 54.2 Å². The van der Waals surface area contributed by atoms with E-state index in [1.54, 1.807) is 38.7 Å². The van der Waals surface area contributed by atoms with Crippen molar-refractivity contribution in [3.8, 4) is 23.0 Å². The van der Waals surface area contributed by atoms with Gasteiger partial charge in [-0.05, 0) is 50.4 Å². The molecule has 0 radical (unpaired) electrons. The quantitative estimate of drug-likeness (QED) is 0.529.